The zero-order valence-corrected chi connectivity index (χ0v) is 14.8. The number of nitrogens with one attached hydrogen (secondary N) is 1. The highest BCUT2D eigenvalue weighted by Crippen LogP contribution is 2.14. The minimum absolute atomic E-state index is 0.188. The molecule has 1 aliphatic heterocycles. The molecule has 3 heterocycles. The third-order valence-corrected chi connectivity index (χ3v) is 3.76. The maximum absolute atomic E-state index is 12.3. The largest absolute Gasteiger partial charge is 0.346 e. The van der Waals surface area contributed by atoms with Crippen LogP contribution in [0.3, 0.4) is 0 Å². The fraction of sp³-hybridized carbons (Fsp3) is 0.471. The molecule has 0 aliphatic carbocycles. The summed E-state index contributed by atoms with van der Waals surface area (Å²) < 4.78 is 0. The molecule has 1 aliphatic rings. The number of anilines is 2. The van der Waals surface area contributed by atoms with Gasteiger partial charge in [0.15, 0.2) is 0 Å². The molecule has 0 unspecified atom stereocenters. The zero-order valence-electron chi connectivity index (χ0n) is 14.8. The average molecular weight is 341 g/mol. The molecule has 0 spiro atoms. The van der Waals surface area contributed by atoms with Crippen LogP contribution < -0.4 is 15.1 Å². The first-order valence-corrected chi connectivity index (χ1v) is 8.35. The van der Waals surface area contributed by atoms with Crippen LogP contribution in [0.5, 0.6) is 0 Å². The average Bonchev–Trinajstić information content (AvgIpc) is 2.61. The minimum Gasteiger partial charge on any atom is -0.346 e. The molecule has 0 saturated carbocycles. The number of piperazine rings is 1. The maximum Gasteiger partial charge on any atom is 0.270 e. The van der Waals surface area contributed by atoms with Gasteiger partial charge in [-0.05, 0) is 32.9 Å². The van der Waals surface area contributed by atoms with Crippen LogP contribution in [0.25, 0.3) is 0 Å². The van der Waals surface area contributed by atoms with E-state index in [0.717, 1.165) is 32.1 Å². The van der Waals surface area contributed by atoms with E-state index in [4.69, 9.17) is 0 Å². The molecular formula is C17H23N7O. The lowest BCUT2D eigenvalue weighted by atomic mass is 10.1. The van der Waals surface area contributed by atoms with Crippen LogP contribution in [0.4, 0.5) is 11.9 Å². The van der Waals surface area contributed by atoms with E-state index in [2.05, 4.69) is 35.1 Å². The van der Waals surface area contributed by atoms with Gasteiger partial charge in [0, 0.05) is 50.3 Å². The van der Waals surface area contributed by atoms with Gasteiger partial charge in [0.2, 0.25) is 11.9 Å². The molecule has 2 aromatic rings. The fourth-order valence-electron chi connectivity index (χ4n) is 2.59. The highest BCUT2D eigenvalue weighted by molar-refractivity contribution is 5.92. The molecule has 0 radical (unpaired) electrons. The van der Waals surface area contributed by atoms with Crippen molar-refractivity contribution in [3.8, 4) is 0 Å². The van der Waals surface area contributed by atoms with Gasteiger partial charge < -0.3 is 15.1 Å². The highest BCUT2D eigenvalue weighted by Gasteiger charge is 2.22. The molecule has 3 rings (SSSR count). The van der Waals surface area contributed by atoms with E-state index in [9.17, 15) is 4.79 Å². The van der Waals surface area contributed by atoms with E-state index >= 15 is 0 Å². The number of amides is 1. The standard InChI is InChI=1S/C17H23N7O/c1-17(2,3)22-14(25)13-5-8-20-16(21-13)24-11-9-23(10-12-24)15-18-6-4-7-19-15/h4-8H,9-12H2,1-3H3,(H,22,25). The number of rotatable bonds is 3. The number of hydrogen-bond donors (Lipinski definition) is 1. The van der Waals surface area contributed by atoms with Gasteiger partial charge in [-0.2, -0.15) is 0 Å². The van der Waals surface area contributed by atoms with Gasteiger partial charge in [0.05, 0.1) is 0 Å². The molecular weight excluding hydrogens is 318 g/mol. The summed E-state index contributed by atoms with van der Waals surface area (Å²) in [5, 5.41) is 2.92. The first-order valence-electron chi connectivity index (χ1n) is 8.35. The Morgan fingerprint density at radius 1 is 0.960 bits per heavy atom. The fourth-order valence-corrected chi connectivity index (χ4v) is 2.59. The van der Waals surface area contributed by atoms with Crippen molar-refractivity contribution < 1.29 is 4.79 Å². The molecule has 0 atom stereocenters. The van der Waals surface area contributed by atoms with Gasteiger partial charge in [-0.3, -0.25) is 4.79 Å². The molecule has 1 fully saturated rings. The molecule has 1 saturated heterocycles. The Balaban J connectivity index is 1.66. The Morgan fingerprint density at radius 2 is 1.52 bits per heavy atom. The summed E-state index contributed by atoms with van der Waals surface area (Å²) in [5.74, 6) is 1.13. The van der Waals surface area contributed by atoms with E-state index in [0.29, 0.717) is 11.6 Å². The molecule has 0 aromatic carbocycles. The van der Waals surface area contributed by atoms with Crippen molar-refractivity contribution in [3.05, 3.63) is 36.4 Å². The summed E-state index contributed by atoms with van der Waals surface area (Å²) >= 11 is 0. The van der Waals surface area contributed by atoms with Crippen molar-refractivity contribution >= 4 is 17.8 Å². The number of carbonyl (C=O) groups excluding carboxylic acids is 1. The first kappa shape index (κ1) is 17.1. The van der Waals surface area contributed by atoms with E-state index in [1.807, 2.05) is 26.8 Å². The Labute approximate surface area is 147 Å². The summed E-state index contributed by atoms with van der Waals surface area (Å²) in [6.07, 6.45) is 5.12. The van der Waals surface area contributed by atoms with Crippen LogP contribution >= 0.6 is 0 Å². The minimum atomic E-state index is -0.302. The number of hydrogen-bond acceptors (Lipinski definition) is 7. The molecule has 1 amide bonds. The second-order valence-corrected chi connectivity index (χ2v) is 6.97. The van der Waals surface area contributed by atoms with E-state index in [1.165, 1.54) is 0 Å². The van der Waals surface area contributed by atoms with Crippen molar-refractivity contribution in [2.45, 2.75) is 26.3 Å². The second kappa shape index (κ2) is 7.00. The third-order valence-electron chi connectivity index (χ3n) is 3.76. The predicted molar refractivity (Wildman–Crippen MR) is 95.7 cm³/mol. The van der Waals surface area contributed by atoms with Crippen LogP contribution in [0, 0.1) is 0 Å². The Hall–Kier alpha value is -2.77. The number of carbonyl (C=O) groups is 1. The van der Waals surface area contributed by atoms with Gasteiger partial charge >= 0.3 is 0 Å². The zero-order chi connectivity index (χ0) is 17.9. The Morgan fingerprint density at radius 3 is 2.12 bits per heavy atom. The van der Waals surface area contributed by atoms with E-state index in [1.54, 1.807) is 24.7 Å². The van der Waals surface area contributed by atoms with Crippen molar-refractivity contribution in [2.24, 2.45) is 0 Å². The molecule has 132 valence electrons. The molecule has 1 N–H and O–H groups in total. The van der Waals surface area contributed by atoms with Crippen molar-refractivity contribution in [3.63, 3.8) is 0 Å². The maximum atomic E-state index is 12.3. The molecule has 8 heteroatoms. The SMILES string of the molecule is CC(C)(C)NC(=O)c1ccnc(N2CCN(c3ncccn3)CC2)n1. The lowest BCUT2D eigenvalue weighted by Gasteiger charge is -2.34. The van der Waals surface area contributed by atoms with Gasteiger partial charge in [-0.15, -0.1) is 0 Å². The second-order valence-electron chi connectivity index (χ2n) is 6.97. The van der Waals surface area contributed by atoms with Gasteiger partial charge in [0.25, 0.3) is 5.91 Å². The van der Waals surface area contributed by atoms with Gasteiger partial charge in [-0.25, -0.2) is 19.9 Å². The highest BCUT2D eigenvalue weighted by atomic mass is 16.2. The molecule has 25 heavy (non-hydrogen) atoms. The summed E-state index contributed by atoms with van der Waals surface area (Å²) in [4.78, 5) is 33.8. The molecule has 2 aromatic heterocycles. The lowest BCUT2D eigenvalue weighted by molar-refractivity contribution is 0.0914. The van der Waals surface area contributed by atoms with Crippen LogP contribution in [0.1, 0.15) is 31.3 Å². The summed E-state index contributed by atoms with van der Waals surface area (Å²) in [5.41, 5.74) is 0.0810. The van der Waals surface area contributed by atoms with Crippen LogP contribution in [0.15, 0.2) is 30.7 Å². The first-order chi connectivity index (χ1) is 11.9. The number of nitrogens with zero attached hydrogens (tertiary/aromatic N) is 6. The normalized spacial score (nSPS) is 15.2. The van der Waals surface area contributed by atoms with Crippen LogP contribution in [-0.2, 0) is 0 Å². The van der Waals surface area contributed by atoms with Gasteiger partial charge in [0.1, 0.15) is 5.69 Å². The summed E-state index contributed by atoms with van der Waals surface area (Å²) in [6.45, 7) is 8.90. The molecule has 0 bridgehead atoms. The Kier molecular flexibility index (Phi) is 4.78. The summed E-state index contributed by atoms with van der Waals surface area (Å²) in [6, 6.07) is 3.44. The van der Waals surface area contributed by atoms with Crippen molar-refractivity contribution in [1.82, 2.24) is 25.3 Å². The van der Waals surface area contributed by atoms with Gasteiger partial charge in [-0.1, -0.05) is 0 Å². The van der Waals surface area contributed by atoms with Crippen LogP contribution in [-0.4, -0.2) is 57.6 Å². The number of aromatic nitrogens is 4. The predicted octanol–water partition coefficient (Wildman–Crippen LogP) is 1.12. The Bertz CT molecular complexity index is 721. The molecule has 8 nitrogen and oxygen atoms in total. The van der Waals surface area contributed by atoms with E-state index in [-0.39, 0.29) is 11.4 Å². The quantitative estimate of drug-likeness (QED) is 0.895. The third kappa shape index (κ3) is 4.40. The van der Waals surface area contributed by atoms with Crippen molar-refractivity contribution in [2.75, 3.05) is 36.0 Å². The lowest BCUT2D eigenvalue weighted by Crippen LogP contribution is -2.48. The topological polar surface area (TPSA) is 87.1 Å². The smallest absolute Gasteiger partial charge is 0.270 e. The van der Waals surface area contributed by atoms with E-state index < -0.39 is 0 Å². The monoisotopic (exact) mass is 341 g/mol. The van der Waals surface area contributed by atoms with Crippen molar-refractivity contribution in [1.29, 1.82) is 0 Å². The van der Waals surface area contributed by atoms with Crippen LogP contribution in [0.2, 0.25) is 0 Å². The summed E-state index contributed by atoms with van der Waals surface area (Å²) in [7, 11) is 0.